The van der Waals surface area contributed by atoms with Gasteiger partial charge >= 0.3 is 0 Å². The van der Waals surface area contributed by atoms with Crippen molar-refractivity contribution in [3.8, 4) is 11.5 Å². The lowest BCUT2D eigenvalue weighted by Gasteiger charge is -2.18. The number of hydrazone groups is 1. The molecule has 0 aromatic heterocycles. The zero-order chi connectivity index (χ0) is 16.9. The molecule has 3 rings (SSSR count). The fourth-order valence-corrected chi connectivity index (χ4v) is 2.52. The summed E-state index contributed by atoms with van der Waals surface area (Å²) in [5, 5.41) is 9.26. The van der Waals surface area contributed by atoms with Crippen LogP contribution in [-0.2, 0) is 4.79 Å². The van der Waals surface area contributed by atoms with Crippen molar-refractivity contribution in [2.75, 3.05) is 31.1 Å². The molecule has 1 heterocycles. The average molecular weight is 325 g/mol. The first kappa shape index (κ1) is 15.9. The van der Waals surface area contributed by atoms with E-state index in [4.69, 9.17) is 9.47 Å². The molecule has 6 nitrogen and oxygen atoms in total. The second kappa shape index (κ2) is 7.04. The second-order valence-electron chi connectivity index (χ2n) is 5.29. The second-order valence-corrected chi connectivity index (χ2v) is 5.29. The Bertz CT molecular complexity index is 774. The summed E-state index contributed by atoms with van der Waals surface area (Å²) in [6.45, 7) is 0.512. The van der Waals surface area contributed by atoms with Crippen LogP contribution in [0.2, 0.25) is 0 Å². The Balaban J connectivity index is 1.90. The van der Waals surface area contributed by atoms with Crippen LogP contribution in [0, 0.1) is 0 Å². The van der Waals surface area contributed by atoms with Crippen LogP contribution < -0.4 is 19.8 Å². The molecule has 0 saturated carbocycles. The number of methoxy groups -OCH3 is 2. The molecule has 0 spiro atoms. The average Bonchev–Trinajstić information content (AvgIpc) is 2.78. The smallest absolute Gasteiger partial charge is 0.226 e. The largest absolute Gasteiger partial charge is 0.497 e. The van der Waals surface area contributed by atoms with E-state index in [0.717, 1.165) is 22.7 Å². The molecule has 0 atom stereocenters. The molecule has 6 heteroatoms. The van der Waals surface area contributed by atoms with Crippen LogP contribution in [0.3, 0.4) is 0 Å². The highest BCUT2D eigenvalue weighted by Gasteiger charge is 2.18. The topological polar surface area (TPSA) is 63.2 Å². The molecule has 0 radical (unpaired) electrons. The molecule has 0 bridgehead atoms. The van der Waals surface area contributed by atoms with Gasteiger partial charge in [0.2, 0.25) is 5.91 Å². The first-order chi connectivity index (χ1) is 11.7. The highest BCUT2D eigenvalue weighted by Crippen LogP contribution is 2.29. The number of benzene rings is 2. The number of carbonyl (C=O) groups excluding carboxylic acids is 1. The third-order valence-corrected chi connectivity index (χ3v) is 3.78. The van der Waals surface area contributed by atoms with Gasteiger partial charge in [0.05, 0.1) is 38.4 Å². The summed E-state index contributed by atoms with van der Waals surface area (Å²) < 4.78 is 10.6. The van der Waals surface area contributed by atoms with Crippen LogP contribution in [0.4, 0.5) is 11.4 Å². The Labute approximate surface area is 140 Å². The summed E-state index contributed by atoms with van der Waals surface area (Å²) in [7, 11) is 3.22. The minimum Gasteiger partial charge on any atom is -0.497 e. The Morgan fingerprint density at radius 2 is 2.00 bits per heavy atom. The van der Waals surface area contributed by atoms with Crippen LogP contribution >= 0.6 is 0 Å². The van der Waals surface area contributed by atoms with Crippen molar-refractivity contribution in [3.63, 3.8) is 0 Å². The molecule has 24 heavy (non-hydrogen) atoms. The number of carbonyl (C=O) groups is 1. The van der Waals surface area contributed by atoms with E-state index in [1.165, 1.54) is 0 Å². The molecule has 1 N–H and O–H groups in total. The van der Waals surface area contributed by atoms with E-state index < -0.39 is 0 Å². The lowest BCUT2D eigenvalue weighted by Crippen LogP contribution is -2.18. The lowest BCUT2D eigenvalue weighted by molar-refractivity contribution is -0.115. The van der Waals surface area contributed by atoms with Gasteiger partial charge in [-0.15, -0.1) is 0 Å². The minimum absolute atomic E-state index is 0.0119. The maximum atomic E-state index is 11.8. The summed E-state index contributed by atoms with van der Waals surface area (Å²) in [6.07, 6.45) is 2.11. The normalized spacial score (nSPS) is 14.1. The zero-order valence-electron chi connectivity index (χ0n) is 13.7. The molecule has 124 valence electrons. The molecule has 0 fully saturated rings. The molecular weight excluding hydrogens is 306 g/mol. The number of anilines is 2. The van der Waals surface area contributed by atoms with Gasteiger partial charge in [0.15, 0.2) is 0 Å². The van der Waals surface area contributed by atoms with E-state index in [2.05, 4.69) is 10.4 Å². The van der Waals surface area contributed by atoms with Crippen LogP contribution in [-0.4, -0.2) is 32.9 Å². The Morgan fingerprint density at radius 3 is 2.79 bits per heavy atom. The Kier molecular flexibility index (Phi) is 4.65. The first-order valence-corrected chi connectivity index (χ1v) is 7.63. The van der Waals surface area contributed by atoms with E-state index >= 15 is 0 Å². The highest BCUT2D eigenvalue weighted by atomic mass is 16.5. The van der Waals surface area contributed by atoms with Crippen molar-refractivity contribution >= 4 is 23.5 Å². The van der Waals surface area contributed by atoms with E-state index in [0.29, 0.717) is 18.7 Å². The molecule has 1 aliphatic rings. The summed E-state index contributed by atoms with van der Waals surface area (Å²) >= 11 is 0. The minimum atomic E-state index is -0.0119. The molecular formula is C18H19N3O3. The number of ether oxygens (including phenoxy) is 2. The van der Waals surface area contributed by atoms with Crippen LogP contribution in [0.15, 0.2) is 47.6 Å². The van der Waals surface area contributed by atoms with E-state index in [-0.39, 0.29) is 5.91 Å². The number of nitrogens with zero attached hydrogens (tertiary/aromatic N) is 2. The lowest BCUT2D eigenvalue weighted by atomic mass is 10.2. The van der Waals surface area contributed by atoms with E-state index in [1.54, 1.807) is 20.4 Å². The fraction of sp³-hybridized carbons (Fsp3) is 0.222. The van der Waals surface area contributed by atoms with Gasteiger partial charge in [0, 0.05) is 18.1 Å². The fourth-order valence-electron chi connectivity index (χ4n) is 2.52. The quantitative estimate of drug-likeness (QED) is 0.878. The molecule has 0 unspecified atom stereocenters. The van der Waals surface area contributed by atoms with Gasteiger partial charge in [0.1, 0.15) is 11.5 Å². The predicted molar refractivity (Wildman–Crippen MR) is 94.2 cm³/mol. The van der Waals surface area contributed by atoms with Crippen molar-refractivity contribution in [1.82, 2.24) is 0 Å². The number of nitrogens with one attached hydrogen (secondary N) is 1. The number of rotatable bonds is 4. The molecule has 2 aromatic carbocycles. The van der Waals surface area contributed by atoms with Crippen molar-refractivity contribution in [1.29, 1.82) is 0 Å². The number of hydrogen-bond acceptors (Lipinski definition) is 5. The summed E-state index contributed by atoms with van der Waals surface area (Å²) in [5.74, 6) is 1.39. The van der Waals surface area contributed by atoms with Gasteiger partial charge < -0.3 is 14.8 Å². The summed E-state index contributed by atoms with van der Waals surface area (Å²) in [6, 6.07) is 13.2. The molecule has 1 aliphatic heterocycles. The van der Waals surface area contributed by atoms with Gasteiger partial charge in [0.25, 0.3) is 0 Å². The maximum Gasteiger partial charge on any atom is 0.226 e. The molecule has 0 saturated heterocycles. The van der Waals surface area contributed by atoms with Crippen molar-refractivity contribution < 1.29 is 14.3 Å². The third kappa shape index (κ3) is 3.32. The summed E-state index contributed by atoms with van der Waals surface area (Å²) in [5.41, 5.74) is 2.46. The number of amides is 1. The zero-order valence-corrected chi connectivity index (χ0v) is 13.7. The highest BCUT2D eigenvalue weighted by molar-refractivity contribution is 5.96. The Morgan fingerprint density at radius 1 is 1.17 bits per heavy atom. The van der Waals surface area contributed by atoms with Crippen LogP contribution in [0.25, 0.3) is 0 Å². The molecule has 2 aromatic rings. The third-order valence-electron chi connectivity index (χ3n) is 3.78. The van der Waals surface area contributed by atoms with Crippen molar-refractivity contribution in [3.05, 3.63) is 48.0 Å². The molecule has 1 amide bonds. The van der Waals surface area contributed by atoms with Gasteiger partial charge in [-0.1, -0.05) is 12.1 Å². The number of fused-ring (bicyclic) bond motifs is 1. The van der Waals surface area contributed by atoms with Crippen LogP contribution in [0.1, 0.15) is 12.0 Å². The first-order valence-electron chi connectivity index (χ1n) is 7.63. The standard InChI is InChI=1S/C18H19N3O3/c1-23-14-8-7-13(17(11-14)24-2)12-19-21-10-9-18(22)20-15-5-3-4-6-16(15)21/h3-8,11-12H,9-10H2,1-2H3,(H,20,22)/b19-12+. The maximum absolute atomic E-state index is 11.8. The van der Waals surface area contributed by atoms with Crippen LogP contribution in [0.5, 0.6) is 11.5 Å². The van der Waals surface area contributed by atoms with E-state index in [9.17, 15) is 4.79 Å². The van der Waals surface area contributed by atoms with Crippen molar-refractivity contribution in [2.24, 2.45) is 5.10 Å². The van der Waals surface area contributed by atoms with Crippen molar-refractivity contribution in [2.45, 2.75) is 6.42 Å². The summed E-state index contributed by atoms with van der Waals surface area (Å²) in [4.78, 5) is 11.8. The number of para-hydroxylation sites is 2. The molecule has 0 aliphatic carbocycles. The van der Waals surface area contributed by atoms with Gasteiger partial charge in [-0.05, 0) is 24.3 Å². The van der Waals surface area contributed by atoms with E-state index in [1.807, 2.05) is 47.5 Å². The number of hydrogen-bond donors (Lipinski definition) is 1. The SMILES string of the molecule is COc1ccc(/C=N/N2CCC(=O)Nc3ccccc32)c(OC)c1. The van der Waals surface area contributed by atoms with Gasteiger partial charge in [-0.2, -0.15) is 5.10 Å². The monoisotopic (exact) mass is 325 g/mol. The predicted octanol–water partition coefficient (Wildman–Crippen LogP) is 2.89. The van der Waals surface area contributed by atoms with Gasteiger partial charge in [-0.3, -0.25) is 9.80 Å². The van der Waals surface area contributed by atoms with Gasteiger partial charge in [-0.25, -0.2) is 0 Å². The Hall–Kier alpha value is -3.02.